The van der Waals surface area contributed by atoms with Crippen molar-refractivity contribution in [2.24, 2.45) is 0 Å². The van der Waals surface area contributed by atoms with Crippen LogP contribution in [0.3, 0.4) is 0 Å². The fourth-order valence-corrected chi connectivity index (χ4v) is 4.49. The van der Waals surface area contributed by atoms with Gasteiger partial charge in [0, 0.05) is 18.8 Å². The van der Waals surface area contributed by atoms with E-state index in [4.69, 9.17) is 4.74 Å². The van der Waals surface area contributed by atoms with Gasteiger partial charge >= 0.3 is 0 Å². The van der Waals surface area contributed by atoms with Crippen LogP contribution in [0.1, 0.15) is 41.3 Å². The molecule has 0 saturated heterocycles. The molecule has 1 atom stereocenters. The van der Waals surface area contributed by atoms with E-state index in [1.165, 1.54) is 12.1 Å². The van der Waals surface area contributed by atoms with Crippen LogP contribution in [-0.2, 0) is 12.0 Å². The van der Waals surface area contributed by atoms with E-state index in [9.17, 15) is 14.0 Å². The van der Waals surface area contributed by atoms with Crippen LogP contribution in [0.5, 0.6) is 5.75 Å². The zero-order chi connectivity index (χ0) is 24.6. The third kappa shape index (κ3) is 4.08. The molecule has 0 spiro atoms. The molecule has 0 saturated carbocycles. The Bertz CT molecular complexity index is 1460. The lowest BCUT2D eigenvalue weighted by Gasteiger charge is -2.30. The Kier molecular flexibility index (Phi) is 5.65. The van der Waals surface area contributed by atoms with Crippen molar-refractivity contribution in [3.8, 4) is 17.5 Å². The molecular weight excluding hydrogens is 450 g/mol. The van der Waals surface area contributed by atoms with Gasteiger partial charge in [-0.1, -0.05) is 12.1 Å². The first-order valence-electron chi connectivity index (χ1n) is 11.1. The van der Waals surface area contributed by atoms with E-state index in [1.807, 2.05) is 42.0 Å². The predicted octanol–water partition coefficient (Wildman–Crippen LogP) is 4.83. The number of nitrogens with zero attached hydrogens (tertiary/aromatic N) is 6. The Morgan fingerprint density at radius 1 is 1.14 bits per heavy atom. The van der Waals surface area contributed by atoms with Gasteiger partial charge in [-0.25, -0.2) is 23.4 Å². The number of halogens is 2. The monoisotopic (exact) mass is 472 g/mol. The molecule has 35 heavy (non-hydrogen) atoms. The quantitative estimate of drug-likeness (QED) is 0.416. The molecule has 0 unspecified atom stereocenters. The van der Waals surface area contributed by atoms with Gasteiger partial charge in [-0.05, 0) is 61.2 Å². The highest BCUT2D eigenvalue weighted by Crippen LogP contribution is 2.39. The summed E-state index contributed by atoms with van der Waals surface area (Å²) in [7, 11) is 1.61. The molecule has 0 radical (unpaired) electrons. The number of hydrogen-bond donors (Lipinski definition) is 0. The molecule has 0 fully saturated rings. The van der Waals surface area contributed by atoms with E-state index in [1.54, 1.807) is 24.2 Å². The zero-order valence-corrected chi connectivity index (χ0v) is 19.2. The Hall–Kier alpha value is -4.32. The molecule has 176 valence electrons. The summed E-state index contributed by atoms with van der Waals surface area (Å²) in [5.41, 5.74) is 1.61. The van der Waals surface area contributed by atoms with Crippen molar-refractivity contribution in [1.29, 1.82) is 5.26 Å². The van der Waals surface area contributed by atoms with E-state index in [0.29, 0.717) is 36.8 Å². The highest BCUT2D eigenvalue weighted by molar-refractivity contribution is 5.69. The maximum Gasteiger partial charge on any atom is 0.174 e. The summed E-state index contributed by atoms with van der Waals surface area (Å²) in [5.74, 6) is 0.0218. The van der Waals surface area contributed by atoms with Crippen LogP contribution >= 0.6 is 0 Å². The lowest BCUT2D eigenvalue weighted by atomic mass is 9.75. The Labute approximate surface area is 200 Å². The lowest BCUT2D eigenvalue weighted by Crippen LogP contribution is -2.34. The summed E-state index contributed by atoms with van der Waals surface area (Å²) in [6, 6.07) is 11.2. The number of benzene rings is 2. The largest absolute Gasteiger partial charge is 0.495 e. The van der Waals surface area contributed by atoms with Gasteiger partial charge in [0.1, 0.15) is 22.8 Å². The summed E-state index contributed by atoms with van der Waals surface area (Å²) in [4.78, 5) is 8.85. The lowest BCUT2D eigenvalue weighted by molar-refractivity contribution is 0.390. The summed E-state index contributed by atoms with van der Waals surface area (Å²) < 4.78 is 37.0. The van der Waals surface area contributed by atoms with Crippen molar-refractivity contribution < 1.29 is 13.5 Å². The van der Waals surface area contributed by atoms with Crippen molar-refractivity contribution in [1.82, 2.24) is 24.3 Å². The summed E-state index contributed by atoms with van der Waals surface area (Å²) in [6.07, 6.45) is 8.28. The number of fused-ring (bicyclic) bond motifs is 1. The van der Waals surface area contributed by atoms with E-state index >= 15 is 0 Å². The van der Waals surface area contributed by atoms with Gasteiger partial charge < -0.3 is 9.30 Å². The van der Waals surface area contributed by atoms with E-state index < -0.39 is 17.0 Å². The first-order valence-corrected chi connectivity index (χ1v) is 11.1. The molecule has 1 aliphatic rings. The second kappa shape index (κ2) is 8.80. The van der Waals surface area contributed by atoms with Gasteiger partial charge in [0.15, 0.2) is 11.6 Å². The van der Waals surface area contributed by atoms with Crippen LogP contribution < -0.4 is 4.74 Å². The van der Waals surface area contributed by atoms with Crippen LogP contribution in [0.25, 0.3) is 17.8 Å². The summed E-state index contributed by atoms with van der Waals surface area (Å²) >= 11 is 0. The third-order valence-corrected chi connectivity index (χ3v) is 6.16. The third-order valence-electron chi connectivity index (χ3n) is 6.16. The van der Waals surface area contributed by atoms with E-state index in [-0.39, 0.29) is 5.56 Å². The van der Waals surface area contributed by atoms with Gasteiger partial charge in [-0.2, -0.15) is 10.4 Å². The number of imidazole rings is 1. The molecule has 7 nitrogen and oxygen atoms in total. The number of aryl methyl sites for hydroxylation is 2. The molecular formula is C26H22F2N6O. The minimum Gasteiger partial charge on any atom is -0.495 e. The van der Waals surface area contributed by atoms with Gasteiger partial charge in [-0.15, -0.1) is 0 Å². The molecule has 9 heteroatoms. The molecule has 0 aliphatic carbocycles. The minimum atomic E-state index is -1.27. The Morgan fingerprint density at radius 2 is 1.94 bits per heavy atom. The maximum absolute atomic E-state index is 14.0. The number of rotatable bonds is 5. The van der Waals surface area contributed by atoms with Crippen LogP contribution in [0.2, 0.25) is 0 Å². The van der Waals surface area contributed by atoms with E-state index in [0.717, 1.165) is 23.0 Å². The van der Waals surface area contributed by atoms with Crippen molar-refractivity contribution in [2.75, 3.05) is 7.11 Å². The SMILES string of the molecule is COc1cc(C=Cc2nc3n(n2)CCC[C@@]3(C#N)c2cc(F)cc(F)c2)ccc1-n1cnc(C)c1. The van der Waals surface area contributed by atoms with Gasteiger partial charge in [-0.3, -0.25) is 0 Å². The maximum atomic E-state index is 14.0. The van der Waals surface area contributed by atoms with Crippen molar-refractivity contribution in [3.63, 3.8) is 0 Å². The van der Waals surface area contributed by atoms with Gasteiger partial charge in [0.05, 0.1) is 30.9 Å². The molecule has 3 heterocycles. The molecule has 0 amide bonds. The number of aromatic nitrogens is 5. The summed E-state index contributed by atoms with van der Waals surface area (Å²) in [5, 5.41) is 14.6. The highest BCUT2D eigenvalue weighted by atomic mass is 19.1. The second-order valence-corrected chi connectivity index (χ2v) is 8.48. The second-order valence-electron chi connectivity index (χ2n) is 8.48. The summed E-state index contributed by atoms with van der Waals surface area (Å²) in [6.45, 7) is 2.49. The fraction of sp³-hybridized carbons (Fsp3) is 0.231. The Balaban J connectivity index is 1.48. The van der Waals surface area contributed by atoms with Crippen LogP contribution in [0.4, 0.5) is 8.78 Å². The van der Waals surface area contributed by atoms with Gasteiger partial charge in [0.25, 0.3) is 0 Å². The molecule has 4 aromatic rings. The average molecular weight is 472 g/mol. The smallest absolute Gasteiger partial charge is 0.174 e. The number of methoxy groups -OCH3 is 1. The predicted molar refractivity (Wildman–Crippen MR) is 126 cm³/mol. The number of hydrogen-bond acceptors (Lipinski definition) is 5. The fourth-order valence-electron chi connectivity index (χ4n) is 4.49. The molecule has 1 aliphatic heterocycles. The topological polar surface area (TPSA) is 81.5 Å². The number of nitriles is 1. The standard InChI is InChI=1S/C26H22F2N6O/c1-17-14-33(16-30-17)22-6-4-18(10-23(22)35-2)5-7-24-31-25-26(15-29,8-3-9-34(25)32-24)19-11-20(27)13-21(28)12-19/h4-7,10-14,16H,3,8-9H2,1-2H3/t26-/m1/s1. The normalized spacial score (nSPS) is 17.3. The van der Waals surface area contributed by atoms with Gasteiger partial charge in [0.2, 0.25) is 0 Å². The molecule has 0 bridgehead atoms. The minimum absolute atomic E-state index is 0.247. The first-order chi connectivity index (χ1) is 16.9. The molecule has 2 aromatic heterocycles. The van der Waals surface area contributed by atoms with Crippen molar-refractivity contribution >= 4 is 12.2 Å². The van der Waals surface area contributed by atoms with E-state index in [2.05, 4.69) is 21.1 Å². The average Bonchev–Trinajstić information content (AvgIpc) is 3.47. The molecule has 5 rings (SSSR count). The number of ether oxygens (including phenoxy) is 1. The van der Waals surface area contributed by atoms with Crippen LogP contribution in [0, 0.1) is 29.9 Å². The molecule has 0 N–H and O–H groups in total. The highest BCUT2D eigenvalue weighted by Gasteiger charge is 2.42. The van der Waals surface area contributed by atoms with Crippen LogP contribution in [0.15, 0.2) is 48.9 Å². The zero-order valence-electron chi connectivity index (χ0n) is 19.2. The van der Waals surface area contributed by atoms with Crippen LogP contribution in [-0.4, -0.2) is 31.4 Å². The van der Waals surface area contributed by atoms with Crippen molar-refractivity contribution in [2.45, 2.75) is 31.7 Å². The van der Waals surface area contributed by atoms with Crippen molar-refractivity contribution in [3.05, 3.63) is 89.0 Å². The first kappa shape index (κ1) is 22.5. The Morgan fingerprint density at radius 3 is 2.63 bits per heavy atom. The molecule has 2 aromatic carbocycles.